The van der Waals surface area contributed by atoms with Gasteiger partial charge in [0.15, 0.2) is 0 Å². The van der Waals surface area contributed by atoms with Gasteiger partial charge in [-0.1, -0.05) is 32.6 Å². The lowest BCUT2D eigenvalue weighted by Crippen LogP contribution is -2.15. The first-order valence-corrected chi connectivity index (χ1v) is 12.0. The fraction of sp³-hybridized carbons (Fsp3) is 0.913. The number of carboxylic acids is 1. The van der Waals surface area contributed by atoms with E-state index in [1.54, 1.807) is 0 Å². The summed E-state index contributed by atoms with van der Waals surface area (Å²) in [4.78, 5) is 21.8. The third-order valence-corrected chi connectivity index (χ3v) is 4.30. The minimum absolute atomic E-state index is 0.0000685. The van der Waals surface area contributed by atoms with Crippen LogP contribution < -0.4 is 0 Å². The molecule has 0 aliphatic heterocycles. The van der Waals surface area contributed by atoms with Crippen molar-refractivity contribution >= 4 is 11.9 Å². The van der Waals surface area contributed by atoms with Crippen molar-refractivity contribution in [3.05, 3.63) is 0 Å². The number of carbonyl (C=O) groups excluding carboxylic acids is 1. The Morgan fingerprint density at radius 2 is 0.909 bits per heavy atom. The molecule has 0 aromatic heterocycles. The molecule has 0 radical (unpaired) electrons. The number of unbranched alkanes of at least 4 members (excludes halogenated alkanes) is 4. The zero-order valence-electron chi connectivity index (χ0n) is 20.3. The van der Waals surface area contributed by atoms with Crippen molar-refractivity contribution < 1.29 is 47.9 Å². The minimum atomic E-state index is -0.873. The van der Waals surface area contributed by atoms with E-state index in [0.717, 1.165) is 12.8 Å². The lowest BCUT2D eigenvalue weighted by Gasteiger charge is -2.08. The second-order valence-corrected chi connectivity index (χ2v) is 7.20. The van der Waals surface area contributed by atoms with E-state index in [0.29, 0.717) is 79.1 Å². The van der Waals surface area contributed by atoms with E-state index in [2.05, 4.69) is 6.92 Å². The Bertz CT molecular complexity index is 433. The molecule has 0 amide bonds. The highest BCUT2D eigenvalue weighted by molar-refractivity contribution is 5.69. The zero-order chi connectivity index (χ0) is 24.2. The molecule has 10 heteroatoms. The number of ether oxygens (including phenoxy) is 7. The molecule has 0 atom stereocenters. The van der Waals surface area contributed by atoms with Crippen molar-refractivity contribution in [3.8, 4) is 0 Å². The van der Waals surface area contributed by atoms with Gasteiger partial charge < -0.3 is 38.3 Å². The van der Waals surface area contributed by atoms with Crippen LogP contribution in [0.1, 0.15) is 51.9 Å². The fourth-order valence-corrected chi connectivity index (χ4v) is 2.52. The minimum Gasteiger partial charge on any atom is -0.481 e. The first-order valence-electron chi connectivity index (χ1n) is 12.0. The quantitative estimate of drug-likeness (QED) is 0.139. The summed E-state index contributed by atoms with van der Waals surface area (Å²) in [7, 11) is 0. The summed E-state index contributed by atoms with van der Waals surface area (Å²) in [5, 5.41) is 8.45. The molecule has 1 N–H and O–H groups in total. The van der Waals surface area contributed by atoms with Crippen LogP contribution in [0.3, 0.4) is 0 Å². The molecule has 0 aliphatic rings. The number of carbonyl (C=O) groups is 2. The van der Waals surface area contributed by atoms with Crippen LogP contribution >= 0.6 is 0 Å². The topological polar surface area (TPSA) is 119 Å². The SMILES string of the molecule is CCCCCCCC(=O)OCCOCCOCCOCCOCCOCCOCCC(=O)O. The van der Waals surface area contributed by atoms with Crippen molar-refractivity contribution in [1.82, 2.24) is 0 Å². The first-order chi connectivity index (χ1) is 16.2. The van der Waals surface area contributed by atoms with E-state index in [-0.39, 0.29) is 25.6 Å². The fourth-order valence-electron chi connectivity index (χ4n) is 2.52. The Morgan fingerprint density at radius 1 is 0.515 bits per heavy atom. The van der Waals surface area contributed by atoms with Crippen LogP contribution in [0.4, 0.5) is 0 Å². The summed E-state index contributed by atoms with van der Waals surface area (Å²) >= 11 is 0. The highest BCUT2D eigenvalue weighted by Gasteiger charge is 2.02. The van der Waals surface area contributed by atoms with Crippen LogP contribution in [-0.4, -0.2) is 103 Å². The molecule has 0 rings (SSSR count). The molecule has 0 bridgehead atoms. The van der Waals surface area contributed by atoms with E-state index in [1.807, 2.05) is 0 Å². The highest BCUT2D eigenvalue weighted by Crippen LogP contribution is 2.05. The Kier molecular flexibility index (Phi) is 25.9. The number of hydrogen-bond acceptors (Lipinski definition) is 9. The van der Waals surface area contributed by atoms with Crippen LogP contribution in [0.15, 0.2) is 0 Å². The average molecular weight is 481 g/mol. The van der Waals surface area contributed by atoms with Gasteiger partial charge >= 0.3 is 11.9 Å². The molecular weight excluding hydrogens is 436 g/mol. The maximum atomic E-state index is 11.5. The van der Waals surface area contributed by atoms with Crippen molar-refractivity contribution in [2.24, 2.45) is 0 Å². The van der Waals surface area contributed by atoms with Gasteiger partial charge in [0.25, 0.3) is 0 Å². The summed E-state index contributed by atoms with van der Waals surface area (Å²) < 4.78 is 37.0. The van der Waals surface area contributed by atoms with Gasteiger partial charge in [0.1, 0.15) is 6.61 Å². The molecule has 0 fully saturated rings. The smallest absolute Gasteiger partial charge is 0.305 e. The van der Waals surface area contributed by atoms with Crippen molar-refractivity contribution in [3.63, 3.8) is 0 Å². The van der Waals surface area contributed by atoms with Crippen molar-refractivity contribution in [2.75, 3.05) is 85.9 Å². The van der Waals surface area contributed by atoms with E-state index in [9.17, 15) is 9.59 Å². The van der Waals surface area contributed by atoms with Crippen LogP contribution in [-0.2, 0) is 42.7 Å². The molecule has 0 saturated heterocycles. The van der Waals surface area contributed by atoms with Gasteiger partial charge in [0.2, 0.25) is 0 Å². The lowest BCUT2D eigenvalue weighted by molar-refractivity contribution is -0.145. The van der Waals surface area contributed by atoms with Crippen LogP contribution in [0.2, 0.25) is 0 Å². The molecule has 33 heavy (non-hydrogen) atoms. The largest absolute Gasteiger partial charge is 0.481 e. The van der Waals surface area contributed by atoms with Crippen LogP contribution in [0.25, 0.3) is 0 Å². The van der Waals surface area contributed by atoms with Gasteiger partial charge in [-0.25, -0.2) is 0 Å². The number of esters is 1. The Hall–Kier alpha value is -1.30. The molecule has 10 nitrogen and oxygen atoms in total. The molecule has 0 aromatic carbocycles. The van der Waals surface area contributed by atoms with Gasteiger partial charge in [0.05, 0.1) is 85.7 Å². The lowest BCUT2D eigenvalue weighted by atomic mass is 10.1. The standard InChI is InChI=1S/C23H44O10/c1-2-3-4-5-6-7-23(26)33-21-20-32-19-18-31-17-16-30-15-14-29-13-12-28-11-10-27-9-8-22(24)25/h2-21H2,1H3,(H,24,25). The molecular formula is C23H44O10. The average Bonchev–Trinajstić information content (AvgIpc) is 2.79. The molecule has 0 aromatic rings. The van der Waals surface area contributed by atoms with Crippen molar-refractivity contribution in [2.45, 2.75) is 51.9 Å². The highest BCUT2D eigenvalue weighted by atomic mass is 16.6. The second kappa shape index (κ2) is 26.9. The Balaban J connectivity index is 3.10. The summed E-state index contributed by atoms with van der Waals surface area (Å²) in [6, 6.07) is 0. The summed E-state index contributed by atoms with van der Waals surface area (Å²) in [5.74, 6) is -1.03. The van der Waals surface area contributed by atoms with Gasteiger partial charge in [-0.05, 0) is 6.42 Å². The van der Waals surface area contributed by atoms with Crippen molar-refractivity contribution in [1.29, 1.82) is 0 Å². The Morgan fingerprint density at radius 3 is 1.33 bits per heavy atom. The van der Waals surface area contributed by atoms with E-state index in [4.69, 9.17) is 38.3 Å². The predicted molar refractivity (Wildman–Crippen MR) is 122 cm³/mol. The number of hydrogen-bond donors (Lipinski definition) is 1. The summed E-state index contributed by atoms with van der Waals surface area (Å²) in [6.07, 6.45) is 6.06. The number of aliphatic carboxylic acids is 1. The summed E-state index contributed by atoms with van der Waals surface area (Å²) in [5.41, 5.74) is 0. The summed E-state index contributed by atoms with van der Waals surface area (Å²) in [6.45, 7) is 7.50. The van der Waals surface area contributed by atoms with E-state index >= 15 is 0 Å². The maximum absolute atomic E-state index is 11.5. The number of rotatable bonds is 27. The predicted octanol–water partition coefficient (Wildman–Crippen LogP) is 2.46. The first kappa shape index (κ1) is 31.7. The van der Waals surface area contributed by atoms with Gasteiger partial charge in [-0.2, -0.15) is 0 Å². The molecule has 0 aliphatic carbocycles. The second-order valence-electron chi connectivity index (χ2n) is 7.20. The Labute approximate surface area is 198 Å². The van der Waals surface area contributed by atoms with Crippen LogP contribution in [0, 0.1) is 0 Å². The monoisotopic (exact) mass is 480 g/mol. The molecule has 196 valence electrons. The third kappa shape index (κ3) is 28.7. The van der Waals surface area contributed by atoms with Gasteiger partial charge in [-0.15, -0.1) is 0 Å². The normalized spacial score (nSPS) is 11.1. The van der Waals surface area contributed by atoms with Gasteiger partial charge in [0, 0.05) is 6.42 Å². The number of carboxylic acid groups (broad SMARTS) is 1. The van der Waals surface area contributed by atoms with E-state index in [1.165, 1.54) is 19.3 Å². The maximum Gasteiger partial charge on any atom is 0.305 e. The zero-order valence-corrected chi connectivity index (χ0v) is 20.3. The third-order valence-electron chi connectivity index (χ3n) is 4.30. The van der Waals surface area contributed by atoms with E-state index < -0.39 is 5.97 Å². The molecule has 0 heterocycles. The molecule has 0 spiro atoms. The molecule has 0 saturated carbocycles. The van der Waals surface area contributed by atoms with Gasteiger partial charge in [-0.3, -0.25) is 9.59 Å². The van der Waals surface area contributed by atoms with Crippen LogP contribution in [0.5, 0.6) is 0 Å². The molecule has 0 unspecified atom stereocenters.